The molecule has 1 heterocycles. The first-order valence-corrected chi connectivity index (χ1v) is 4.66. The van der Waals surface area contributed by atoms with Gasteiger partial charge in [0, 0.05) is 6.08 Å². The Morgan fingerprint density at radius 1 is 1.33 bits per heavy atom. The van der Waals surface area contributed by atoms with Crippen molar-refractivity contribution < 1.29 is 8.81 Å². The number of aromatic nitrogens is 1. The Balaban J connectivity index is 2.24. The molecule has 2 aromatic rings. The Morgan fingerprint density at radius 2 is 2.20 bits per heavy atom. The fraction of sp³-hybridized carbons (Fsp3) is 0. The van der Waals surface area contributed by atoms with Gasteiger partial charge in [0.05, 0.1) is 11.2 Å². The van der Waals surface area contributed by atoms with E-state index in [4.69, 9.17) is 16.0 Å². The summed E-state index contributed by atoms with van der Waals surface area (Å²) in [5, 5.41) is 0.359. The van der Waals surface area contributed by atoms with Crippen molar-refractivity contribution in [2.75, 3.05) is 0 Å². The lowest BCUT2D eigenvalue weighted by molar-refractivity contribution is 0.547. The van der Waals surface area contributed by atoms with Gasteiger partial charge in [-0.3, -0.25) is 0 Å². The molecular weight excluding hydrogens is 217 g/mol. The monoisotopic (exact) mass is 223 g/mol. The van der Waals surface area contributed by atoms with Gasteiger partial charge in [-0.2, -0.15) is 0 Å². The summed E-state index contributed by atoms with van der Waals surface area (Å²) < 4.78 is 17.7. The second-order valence-corrected chi connectivity index (χ2v) is 3.28. The van der Waals surface area contributed by atoms with Crippen molar-refractivity contribution in [1.29, 1.82) is 0 Å². The molecule has 76 valence electrons. The summed E-state index contributed by atoms with van der Waals surface area (Å²) in [6, 6.07) is 4.20. The SMILES string of the molecule is Fc1ccc(C=Cc2ncco2)c(Cl)c1. The van der Waals surface area contributed by atoms with E-state index in [0.717, 1.165) is 5.56 Å². The van der Waals surface area contributed by atoms with Crippen molar-refractivity contribution in [2.24, 2.45) is 0 Å². The zero-order valence-corrected chi connectivity index (χ0v) is 8.41. The minimum absolute atomic E-state index is 0.353. The van der Waals surface area contributed by atoms with Gasteiger partial charge in [0.15, 0.2) is 0 Å². The van der Waals surface area contributed by atoms with Crippen LogP contribution in [0.15, 0.2) is 35.1 Å². The molecule has 0 spiro atoms. The predicted octanol–water partition coefficient (Wildman–Crippen LogP) is 3.64. The average Bonchev–Trinajstić information content (AvgIpc) is 2.69. The summed E-state index contributed by atoms with van der Waals surface area (Å²) in [6.07, 6.45) is 6.41. The Bertz CT molecular complexity index is 479. The van der Waals surface area contributed by atoms with Crippen LogP contribution in [0.3, 0.4) is 0 Å². The predicted molar refractivity (Wildman–Crippen MR) is 56.8 cm³/mol. The zero-order valence-electron chi connectivity index (χ0n) is 7.65. The van der Waals surface area contributed by atoms with E-state index in [1.807, 2.05) is 0 Å². The van der Waals surface area contributed by atoms with E-state index in [2.05, 4.69) is 4.98 Å². The van der Waals surface area contributed by atoms with Crippen molar-refractivity contribution >= 4 is 23.8 Å². The van der Waals surface area contributed by atoms with Gasteiger partial charge in [0.25, 0.3) is 0 Å². The maximum atomic E-state index is 12.7. The molecule has 0 saturated heterocycles. The quantitative estimate of drug-likeness (QED) is 0.777. The van der Waals surface area contributed by atoms with Gasteiger partial charge < -0.3 is 4.42 Å². The van der Waals surface area contributed by atoms with Gasteiger partial charge in [0.1, 0.15) is 12.1 Å². The second kappa shape index (κ2) is 4.28. The highest BCUT2D eigenvalue weighted by Crippen LogP contribution is 2.19. The van der Waals surface area contributed by atoms with Crippen LogP contribution >= 0.6 is 11.6 Å². The van der Waals surface area contributed by atoms with Crippen LogP contribution in [0.1, 0.15) is 11.5 Å². The van der Waals surface area contributed by atoms with Crippen molar-refractivity contribution in [3.63, 3.8) is 0 Å². The number of oxazole rings is 1. The van der Waals surface area contributed by atoms with Crippen molar-refractivity contribution in [2.45, 2.75) is 0 Å². The average molecular weight is 224 g/mol. The van der Waals surface area contributed by atoms with Gasteiger partial charge in [-0.15, -0.1) is 0 Å². The lowest BCUT2D eigenvalue weighted by Crippen LogP contribution is -1.78. The summed E-state index contributed by atoms with van der Waals surface area (Å²) in [5.41, 5.74) is 0.719. The van der Waals surface area contributed by atoms with Crippen LogP contribution in [0, 0.1) is 5.82 Å². The molecule has 0 aliphatic heterocycles. The summed E-state index contributed by atoms with van der Waals surface area (Å²) in [5.74, 6) is 0.128. The second-order valence-electron chi connectivity index (χ2n) is 2.87. The van der Waals surface area contributed by atoms with Crippen molar-refractivity contribution in [1.82, 2.24) is 4.98 Å². The van der Waals surface area contributed by atoms with Crippen LogP contribution < -0.4 is 0 Å². The Labute approximate surface area is 91.0 Å². The molecule has 15 heavy (non-hydrogen) atoms. The lowest BCUT2D eigenvalue weighted by atomic mass is 10.2. The largest absolute Gasteiger partial charge is 0.445 e. The van der Waals surface area contributed by atoms with Gasteiger partial charge in [-0.25, -0.2) is 9.37 Å². The molecule has 0 bridgehead atoms. The van der Waals surface area contributed by atoms with Crippen molar-refractivity contribution in [3.8, 4) is 0 Å². The van der Waals surface area contributed by atoms with Crippen LogP contribution in [-0.4, -0.2) is 4.98 Å². The number of hydrogen-bond donors (Lipinski definition) is 0. The molecule has 0 atom stereocenters. The molecule has 0 aliphatic rings. The third kappa shape index (κ3) is 2.44. The maximum Gasteiger partial charge on any atom is 0.218 e. The van der Waals surface area contributed by atoms with Crippen LogP contribution in [0.5, 0.6) is 0 Å². The molecule has 0 N–H and O–H groups in total. The highest BCUT2D eigenvalue weighted by atomic mass is 35.5. The zero-order chi connectivity index (χ0) is 10.7. The summed E-state index contributed by atoms with van der Waals surface area (Å²) >= 11 is 5.83. The molecule has 0 unspecified atom stereocenters. The number of rotatable bonds is 2. The third-order valence-electron chi connectivity index (χ3n) is 1.82. The maximum absolute atomic E-state index is 12.7. The molecule has 1 aromatic heterocycles. The first-order valence-electron chi connectivity index (χ1n) is 4.28. The minimum Gasteiger partial charge on any atom is -0.445 e. The summed E-state index contributed by atoms with van der Waals surface area (Å²) in [4.78, 5) is 3.91. The Morgan fingerprint density at radius 3 is 2.87 bits per heavy atom. The lowest BCUT2D eigenvalue weighted by Gasteiger charge is -1.96. The fourth-order valence-electron chi connectivity index (χ4n) is 1.11. The third-order valence-corrected chi connectivity index (χ3v) is 2.15. The topological polar surface area (TPSA) is 26.0 Å². The number of hydrogen-bond acceptors (Lipinski definition) is 2. The molecule has 0 saturated carbocycles. The summed E-state index contributed by atoms with van der Waals surface area (Å²) in [6.45, 7) is 0. The molecule has 0 fully saturated rings. The standard InChI is InChI=1S/C11H7ClFNO/c12-10-7-9(13)3-1-8(10)2-4-11-14-5-6-15-11/h1-7H. The van der Waals surface area contributed by atoms with Crippen LogP contribution in [-0.2, 0) is 0 Å². The smallest absolute Gasteiger partial charge is 0.218 e. The van der Waals surface area contributed by atoms with Gasteiger partial charge in [0.2, 0.25) is 5.89 Å². The Kier molecular flexibility index (Phi) is 2.83. The molecule has 1 aromatic carbocycles. The molecule has 0 aliphatic carbocycles. The van der Waals surface area contributed by atoms with Gasteiger partial charge in [-0.05, 0) is 23.8 Å². The molecule has 2 nitrogen and oxygen atoms in total. The highest BCUT2D eigenvalue weighted by Gasteiger charge is 1.98. The first kappa shape index (κ1) is 9.93. The normalized spacial score (nSPS) is 11.1. The molecule has 0 radical (unpaired) electrons. The van der Waals surface area contributed by atoms with Crippen LogP contribution in [0.4, 0.5) is 4.39 Å². The first-order chi connectivity index (χ1) is 7.25. The van der Waals surface area contributed by atoms with Crippen LogP contribution in [0.2, 0.25) is 5.02 Å². The van der Waals surface area contributed by atoms with E-state index >= 15 is 0 Å². The van der Waals surface area contributed by atoms with E-state index in [9.17, 15) is 4.39 Å². The molecule has 2 rings (SSSR count). The molecule has 4 heteroatoms. The Hall–Kier alpha value is -1.61. The number of nitrogens with zero attached hydrogens (tertiary/aromatic N) is 1. The molecular formula is C11H7ClFNO. The van der Waals surface area contributed by atoms with Crippen LogP contribution in [0.25, 0.3) is 12.2 Å². The molecule has 0 amide bonds. The van der Waals surface area contributed by atoms with Gasteiger partial charge in [-0.1, -0.05) is 17.7 Å². The summed E-state index contributed by atoms with van der Waals surface area (Å²) in [7, 11) is 0. The van der Waals surface area contributed by atoms with E-state index < -0.39 is 0 Å². The highest BCUT2D eigenvalue weighted by molar-refractivity contribution is 6.32. The number of halogens is 2. The number of benzene rings is 1. The van der Waals surface area contributed by atoms with E-state index in [1.54, 1.807) is 24.4 Å². The van der Waals surface area contributed by atoms with Gasteiger partial charge >= 0.3 is 0 Å². The van der Waals surface area contributed by atoms with Crippen molar-refractivity contribution in [3.05, 3.63) is 53.0 Å². The van der Waals surface area contributed by atoms with E-state index in [1.165, 1.54) is 18.4 Å². The van der Waals surface area contributed by atoms with E-state index in [-0.39, 0.29) is 5.82 Å². The minimum atomic E-state index is -0.353. The fourth-order valence-corrected chi connectivity index (χ4v) is 1.34. The van der Waals surface area contributed by atoms with E-state index in [0.29, 0.717) is 10.9 Å².